The third-order valence-electron chi connectivity index (χ3n) is 5.88. The lowest BCUT2D eigenvalue weighted by molar-refractivity contribution is -0.122. The molecule has 5 rings (SSSR count). The Morgan fingerprint density at radius 1 is 0.943 bits per heavy atom. The van der Waals surface area contributed by atoms with Crippen molar-refractivity contribution in [2.24, 2.45) is 0 Å². The zero-order valence-electron chi connectivity index (χ0n) is 19.6. The van der Waals surface area contributed by atoms with E-state index in [9.17, 15) is 9.59 Å². The number of methoxy groups -OCH3 is 1. The Hall–Kier alpha value is -4.26. The van der Waals surface area contributed by atoms with E-state index in [0.29, 0.717) is 39.5 Å². The van der Waals surface area contributed by atoms with Gasteiger partial charge >= 0.3 is 5.63 Å². The summed E-state index contributed by atoms with van der Waals surface area (Å²) in [6.45, 7) is 3.90. The molecule has 0 saturated heterocycles. The van der Waals surface area contributed by atoms with Crippen molar-refractivity contribution in [2.45, 2.75) is 32.0 Å². The van der Waals surface area contributed by atoms with Gasteiger partial charge in [-0.15, -0.1) is 0 Å². The van der Waals surface area contributed by atoms with Gasteiger partial charge in [-0.2, -0.15) is 0 Å². The highest BCUT2D eigenvalue weighted by Crippen LogP contribution is 2.44. The molecule has 1 amide bonds. The fourth-order valence-electron chi connectivity index (χ4n) is 4.34. The number of hydrogen-bond acceptors (Lipinski definition) is 6. The molecule has 2 atom stereocenters. The lowest BCUT2D eigenvalue weighted by Gasteiger charge is -2.19. The van der Waals surface area contributed by atoms with Gasteiger partial charge in [0.2, 0.25) is 0 Å². The Labute approximate surface area is 202 Å². The molecular weight excluding hydrogens is 446 g/mol. The molecular formula is C28H25NO6. The highest BCUT2D eigenvalue weighted by atomic mass is 16.5. The molecule has 35 heavy (non-hydrogen) atoms. The summed E-state index contributed by atoms with van der Waals surface area (Å²) in [6.07, 6.45) is -0.949. The van der Waals surface area contributed by atoms with E-state index in [1.165, 1.54) is 0 Å². The van der Waals surface area contributed by atoms with Crippen LogP contribution in [0.1, 0.15) is 30.9 Å². The second-order valence-corrected chi connectivity index (χ2v) is 8.60. The van der Waals surface area contributed by atoms with Crippen LogP contribution in [0.3, 0.4) is 0 Å². The van der Waals surface area contributed by atoms with E-state index in [-0.39, 0.29) is 12.0 Å². The molecule has 0 spiro atoms. The van der Waals surface area contributed by atoms with E-state index >= 15 is 0 Å². The van der Waals surface area contributed by atoms with Gasteiger partial charge in [-0.25, -0.2) is 4.79 Å². The van der Waals surface area contributed by atoms with E-state index in [1.807, 2.05) is 50.2 Å². The summed E-state index contributed by atoms with van der Waals surface area (Å²) < 4.78 is 22.8. The van der Waals surface area contributed by atoms with Crippen molar-refractivity contribution < 1.29 is 23.4 Å². The third kappa shape index (κ3) is 4.33. The average Bonchev–Trinajstić information content (AvgIpc) is 3.27. The van der Waals surface area contributed by atoms with Gasteiger partial charge in [-0.3, -0.25) is 4.79 Å². The van der Waals surface area contributed by atoms with Crippen molar-refractivity contribution in [3.05, 3.63) is 94.3 Å². The third-order valence-corrected chi connectivity index (χ3v) is 5.88. The Morgan fingerprint density at radius 2 is 1.63 bits per heavy atom. The molecule has 1 aromatic heterocycles. The molecule has 0 unspecified atom stereocenters. The molecule has 0 bridgehead atoms. The summed E-state index contributed by atoms with van der Waals surface area (Å²) in [5.41, 5.74) is 1.55. The monoisotopic (exact) mass is 471 g/mol. The van der Waals surface area contributed by atoms with E-state index < -0.39 is 17.6 Å². The highest BCUT2D eigenvalue weighted by Gasteiger charge is 2.44. The van der Waals surface area contributed by atoms with Crippen molar-refractivity contribution in [3.8, 4) is 17.2 Å². The lowest BCUT2D eigenvalue weighted by Crippen LogP contribution is -2.35. The molecule has 178 valence electrons. The first kappa shape index (κ1) is 22.5. The molecule has 0 saturated carbocycles. The molecule has 2 heterocycles. The van der Waals surface area contributed by atoms with Gasteiger partial charge in [0, 0.05) is 5.69 Å². The minimum Gasteiger partial charge on any atom is -0.497 e. The highest BCUT2D eigenvalue weighted by molar-refractivity contribution is 5.97. The summed E-state index contributed by atoms with van der Waals surface area (Å²) >= 11 is 0. The van der Waals surface area contributed by atoms with Crippen LogP contribution in [0.15, 0.2) is 82.0 Å². The van der Waals surface area contributed by atoms with Crippen LogP contribution < -0.4 is 25.2 Å². The topological polar surface area (TPSA) is 87.0 Å². The predicted octanol–water partition coefficient (Wildman–Crippen LogP) is 5.12. The van der Waals surface area contributed by atoms with Crippen LogP contribution in [-0.4, -0.2) is 25.2 Å². The van der Waals surface area contributed by atoms with Crippen molar-refractivity contribution in [3.63, 3.8) is 0 Å². The minimum atomic E-state index is -0.974. The molecule has 1 aliphatic heterocycles. The zero-order valence-corrected chi connectivity index (χ0v) is 19.6. The second-order valence-electron chi connectivity index (χ2n) is 8.60. The van der Waals surface area contributed by atoms with Crippen molar-refractivity contribution >= 4 is 22.6 Å². The number of para-hydroxylation sites is 1. The number of hydrogen-bond donors (Lipinski definition) is 1. The smallest absolute Gasteiger partial charge is 0.344 e. The molecule has 7 heteroatoms. The summed E-state index contributed by atoms with van der Waals surface area (Å²) in [6, 6.07) is 21.5. The van der Waals surface area contributed by atoms with E-state index in [4.69, 9.17) is 18.6 Å². The van der Waals surface area contributed by atoms with Crippen LogP contribution in [0.25, 0.3) is 11.0 Å². The Bertz CT molecular complexity index is 1420. The Balaban J connectivity index is 1.56. The Morgan fingerprint density at radius 3 is 2.31 bits per heavy atom. The van der Waals surface area contributed by atoms with Gasteiger partial charge in [0.1, 0.15) is 22.8 Å². The van der Waals surface area contributed by atoms with Crippen LogP contribution in [0, 0.1) is 0 Å². The maximum atomic E-state index is 13.5. The van der Waals surface area contributed by atoms with Gasteiger partial charge in [0.25, 0.3) is 5.91 Å². The number of carbonyl (C=O) groups is 1. The van der Waals surface area contributed by atoms with E-state index in [1.54, 1.807) is 43.5 Å². The fraction of sp³-hybridized carbons (Fsp3) is 0.214. The lowest BCUT2D eigenvalue weighted by atomic mass is 9.88. The van der Waals surface area contributed by atoms with Gasteiger partial charge < -0.3 is 23.9 Å². The molecule has 1 aliphatic rings. The second kappa shape index (κ2) is 9.18. The number of nitrogens with one attached hydrogen (secondary N) is 1. The number of anilines is 1. The molecule has 3 aromatic carbocycles. The summed E-state index contributed by atoms with van der Waals surface area (Å²) in [4.78, 5) is 26.6. The van der Waals surface area contributed by atoms with Crippen LogP contribution in [0.2, 0.25) is 0 Å². The van der Waals surface area contributed by atoms with Gasteiger partial charge in [-0.1, -0.05) is 24.3 Å². The van der Waals surface area contributed by atoms with Crippen LogP contribution >= 0.6 is 0 Å². The van der Waals surface area contributed by atoms with Crippen molar-refractivity contribution in [1.29, 1.82) is 0 Å². The number of rotatable bonds is 6. The average molecular weight is 472 g/mol. The molecule has 0 aliphatic carbocycles. The maximum Gasteiger partial charge on any atom is 0.344 e. The molecule has 0 fully saturated rings. The largest absolute Gasteiger partial charge is 0.497 e. The van der Waals surface area contributed by atoms with E-state index in [2.05, 4.69) is 5.32 Å². The fourth-order valence-corrected chi connectivity index (χ4v) is 4.34. The summed E-state index contributed by atoms with van der Waals surface area (Å²) in [5.74, 6) is 0.727. The summed E-state index contributed by atoms with van der Waals surface area (Å²) in [7, 11) is 1.58. The van der Waals surface area contributed by atoms with Crippen LogP contribution in [-0.2, 0) is 4.79 Å². The van der Waals surface area contributed by atoms with Gasteiger partial charge in [0.05, 0.1) is 30.1 Å². The maximum absolute atomic E-state index is 13.5. The zero-order chi connectivity index (χ0) is 24.5. The summed E-state index contributed by atoms with van der Waals surface area (Å²) in [5, 5.41) is 3.54. The van der Waals surface area contributed by atoms with Crippen LogP contribution in [0.5, 0.6) is 17.2 Å². The standard InChI is InChI=1S/C28H25NO6/c1-16(2)33-20-12-8-17(9-13-20)23-24-25(21-6-4-5-7-22(21)34-28(24)31)35-26(23)27(30)29-18-10-14-19(32-3)15-11-18/h4-16,23,26H,1-3H3,(H,29,30)/t23-,26+/m1/s1. The molecule has 7 nitrogen and oxygen atoms in total. The quantitative estimate of drug-likeness (QED) is 0.393. The van der Waals surface area contributed by atoms with Crippen LogP contribution in [0.4, 0.5) is 5.69 Å². The molecule has 1 N–H and O–H groups in total. The first-order valence-corrected chi connectivity index (χ1v) is 11.4. The molecule has 0 radical (unpaired) electrons. The Kier molecular flexibility index (Phi) is 5.91. The normalized spacial score (nSPS) is 16.6. The van der Waals surface area contributed by atoms with E-state index in [0.717, 1.165) is 5.56 Å². The minimum absolute atomic E-state index is 0.0258. The number of carbonyl (C=O) groups excluding carboxylic acids is 1. The number of ether oxygens (including phenoxy) is 3. The van der Waals surface area contributed by atoms with Gasteiger partial charge in [-0.05, 0) is 67.9 Å². The first-order valence-electron chi connectivity index (χ1n) is 11.4. The number of fused-ring (bicyclic) bond motifs is 3. The predicted molar refractivity (Wildman–Crippen MR) is 133 cm³/mol. The first-order chi connectivity index (χ1) is 16.9. The van der Waals surface area contributed by atoms with Gasteiger partial charge in [0.15, 0.2) is 6.10 Å². The van der Waals surface area contributed by atoms with Crippen molar-refractivity contribution in [1.82, 2.24) is 0 Å². The van der Waals surface area contributed by atoms with Crippen molar-refractivity contribution in [2.75, 3.05) is 12.4 Å². The number of amides is 1. The molecule has 4 aromatic rings. The number of benzene rings is 3. The SMILES string of the molecule is COc1ccc(NC(=O)[C@H]2Oc3c(c(=O)oc4ccccc34)[C@H]2c2ccc(OC(C)C)cc2)cc1.